The van der Waals surface area contributed by atoms with E-state index >= 15 is 0 Å². The molecule has 0 atom stereocenters. The monoisotopic (exact) mass is 364 g/mol. The van der Waals surface area contributed by atoms with Crippen LogP contribution in [-0.2, 0) is 65.4 Å². The van der Waals surface area contributed by atoms with E-state index in [0.29, 0.717) is 13.2 Å². The van der Waals surface area contributed by atoms with Crippen molar-refractivity contribution in [3.05, 3.63) is 36.1 Å². The normalized spacial score (nSPS) is 7.00. The van der Waals surface area contributed by atoms with Gasteiger partial charge in [0.15, 0.2) is 0 Å². The molecular weight excluding hydrogens is 348 g/mol. The maximum absolute atomic E-state index is 6.89. The summed E-state index contributed by atoms with van der Waals surface area (Å²) in [4.78, 5) is 0. The van der Waals surface area contributed by atoms with Crippen molar-refractivity contribution in [2.45, 2.75) is 6.42 Å². The summed E-state index contributed by atoms with van der Waals surface area (Å²) in [5.74, 6) is 0.890. The molecule has 1 aromatic carbocycles. The van der Waals surface area contributed by atoms with E-state index in [0.717, 1.165) is 12.2 Å². The van der Waals surface area contributed by atoms with Crippen LogP contribution in [0.1, 0.15) is 6.42 Å². The number of hydrogen-bond acceptors (Lipinski definition) is 1. The molecule has 1 aromatic rings. The molecule has 0 bridgehead atoms. The zero-order chi connectivity index (χ0) is 7.94. The summed E-state index contributed by atoms with van der Waals surface area (Å²) in [6.07, 6.45) is 0.800. The van der Waals surface area contributed by atoms with Crippen molar-refractivity contribution in [1.82, 2.24) is 0 Å². The minimum absolute atomic E-state index is 0. The summed E-state index contributed by atoms with van der Waals surface area (Å²) >= 11 is 0. The molecule has 0 fully saturated rings. The third-order valence-corrected chi connectivity index (χ3v) is 1.33. The second-order valence-electron chi connectivity index (χ2n) is 2.27. The summed E-state index contributed by atoms with van der Waals surface area (Å²) in [6, 6.07) is 9.68. The van der Waals surface area contributed by atoms with Gasteiger partial charge in [0.25, 0.3) is 0 Å². The molecule has 4 nitrogen and oxygen atoms in total. The molecule has 0 aliphatic rings. The molecule has 0 amide bonds. The third kappa shape index (κ3) is 13.0. The van der Waals surface area contributed by atoms with Crippen LogP contribution < -0.4 is 4.74 Å². The second kappa shape index (κ2) is 17.5. The molecule has 82 valence electrons. The largest absolute Gasteiger partial charge is 0.677 e. The van der Waals surface area contributed by atoms with Crippen molar-refractivity contribution in [1.29, 1.82) is 0 Å². The molecule has 5 N–H and O–H groups in total. The predicted octanol–water partition coefficient (Wildman–Crippen LogP) is 0.853. The topological polar surface area (TPSA) is 96.0 Å². The van der Waals surface area contributed by atoms with Crippen molar-refractivity contribution in [3.63, 3.8) is 0 Å². The molecule has 0 spiro atoms. The van der Waals surface area contributed by atoms with E-state index in [-0.39, 0.29) is 76.4 Å². The Labute approximate surface area is 141 Å². The van der Waals surface area contributed by atoms with E-state index in [1.807, 2.05) is 30.3 Å². The maximum Gasteiger partial charge on any atom is 0.119 e. The fourth-order valence-corrected chi connectivity index (χ4v) is 0.779. The second-order valence-corrected chi connectivity index (χ2v) is 2.27. The van der Waals surface area contributed by atoms with E-state index in [2.05, 4.69) is 0 Å². The van der Waals surface area contributed by atoms with Crippen molar-refractivity contribution in [2.24, 2.45) is 0 Å². The molecule has 0 aliphatic carbocycles. The first kappa shape index (κ1) is 25.1. The quantitative estimate of drug-likeness (QED) is 0.728. The van der Waals surface area contributed by atoms with Gasteiger partial charge in [0.05, 0.1) is 6.61 Å². The third-order valence-electron chi connectivity index (χ3n) is 1.33. The number of benzene rings is 1. The van der Waals surface area contributed by atoms with Crippen LogP contribution >= 0.6 is 0 Å². The van der Waals surface area contributed by atoms with Crippen LogP contribution in [0.2, 0.25) is 0 Å². The number of hydrogen-bond donors (Lipinski definition) is 0. The van der Waals surface area contributed by atoms with Crippen molar-refractivity contribution in [3.8, 4) is 5.75 Å². The first-order chi connectivity index (χ1) is 5.43. The Hall–Kier alpha value is 1.11. The van der Waals surface area contributed by atoms with E-state index in [1.165, 1.54) is 0 Å². The Morgan fingerprint density at radius 3 is 2.00 bits per heavy atom. The van der Waals surface area contributed by atoms with Crippen molar-refractivity contribution < 1.29 is 81.1 Å². The zero-order valence-corrected chi connectivity index (χ0v) is 14.2. The fourth-order valence-electron chi connectivity index (χ4n) is 0.779. The van der Waals surface area contributed by atoms with Crippen molar-refractivity contribution >= 4 is 0 Å². The molecule has 0 saturated carbocycles. The van der Waals surface area contributed by atoms with Crippen LogP contribution in [0.3, 0.4) is 0 Å². The van der Waals surface area contributed by atoms with Gasteiger partial charge in [-0.1, -0.05) is 18.2 Å². The van der Waals surface area contributed by atoms with Crippen LogP contribution in [0.4, 0.5) is 0 Å². The molecular formula is C9H16NO3Y2-. The predicted molar refractivity (Wildman–Crippen MR) is 53.0 cm³/mol. The van der Waals surface area contributed by atoms with Crippen LogP contribution in [0.25, 0.3) is 5.73 Å². The zero-order valence-electron chi connectivity index (χ0n) is 8.57. The number of rotatable bonds is 4. The maximum atomic E-state index is 6.89. The smallest absolute Gasteiger partial charge is 0.119 e. The summed E-state index contributed by atoms with van der Waals surface area (Å²) in [5, 5.41) is 0. The number of para-hydroxylation sites is 1. The Morgan fingerprint density at radius 2 is 1.53 bits per heavy atom. The minimum atomic E-state index is 0. The van der Waals surface area contributed by atoms with E-state index in [4.69, 9.17) is 10.5 Å². The fraction of sp³-hybridized carbons (Fsp3) is 0.333. The first-order valence-electron chi connectivity index (χ1n) is 3.76. The standard InChI is InChI=1S/C9H12NO.2H2O.2Y/c10-7-4-8-11-9-5-2-1-3-6-9;;;;/h1-3,5-6,10H,4,7-8H2;2*1H2;;/q-1;;;;. The summed E-state index contributed by atoms with van der Waals surface area (Å²) < 4.78 is 5.33. The van der Waals surface area contributed by atoms with Gasteiger partial charge in [-0.2, -0.15) is 0 Å². The Bertz CT molecular complexity index is 200. The molecule has 0 aromatic heterocycles. The summed E-state index contributed by atoms with van der Waals surface area (Å²) in [7, 11) is 0. The molecule has 0 heterocycles. The first-order valence-corrected chi connectivity index (χ1v) is 3.76. The van der Waals surface area contributed by atoms with Gasteiger partial charge in [-0.05, 0) is 18.6 Å². The van der Waals surface area contributed by atoms with Gasteiger partial charge in [0.2, 0.25) is 0 Å². The van der Waals surface area contributed by atoms with Crippen LogP contribution in [-0.4, -0.2) is 24.1 Å². The molecule has 6 heteroatoms. The SMILES string of the molecule is O.O.[NH-]CCCOc1ccccc1.[Y].[Y]. The van der Waals surface area contributed by atoms with Gasteiger partial charge in [0.1, 0.15) is 5.75 Å². The molecule has 1 rings (SSSR count). The van der Waals surface area contributed by atoms with E-state index in [1.54, 1.807) is 0 Å². The van der Waals surface area contributed by atoms with Gasteiger partial charge < -0.3 is 21.4 Å². The van der Waals surface area contributed by atoms with Gasteiger partial charge >= 0.3 is 0 Å². The van der Waals surface area contributed by atoms with E-state index in [9.17, 15) is 0 Å². The van der Waals surface area contributed by atoms with Gasteiger partial charge in [0, 0.05) is 65.4 Å². The van der Waals surface area contributed by atoms with Gasteiger partial charge in [-0.3, -0.25) is 0 Å². The van der Waals surface area contributed by atoms with Crippen molar-refractivity contribution in [2.75, 3.05) is 13.2 Å². The molecule has 0 saturated heterocycles. The van der Waals surface area contributed by atoms with Crippen LogP contribution in [0.5, 0.6) is 5.75 Å². The Morgan fingerprint density at radius 1 is 1.00 bits per heavy atom. The van der Waals surface area contributed by atoms with E-state index < -0.39 is 0 Å². The average molecular weight is 364 g/mol. The minimum Gasteiger partial charge on any atom is -0.677 e. The summed E-state index contributed by atoms with van der Waals surface area (Å²) in [6.45, 7) is 1.08. The average Bonchev–Trinajstić information content (AvgIpc) is 2.07. The molecule has 0 aliphatic heterocycles. The van der Waals surface area contributed by atoms with Gasteiger partial charge in [-0.25, -0.2) is 0 Å². The molecule has 15 heavy (non-hydrogen) atoms. The molecule has 0 unspecified atom stereocenters. The van der Waals surface area contributed by atoms with Gasteiger partial charge in [-0.15, -0.1) is 6.54 Å². The number of ether oxygens (including phenoxy) is 1. The van der Waals surface area contributed by atoms with Crippen LogP contribution in [0, 0.1) is 0 Å². The van der Waals surface area contributed by atoms with Crippen LogP contribution in [0.15, 0.2) is 30.3 Å². The molecule has 2 radical (unpaired) electrons. The Kier molecular flexibility index (Phi) is 29.3. The number of nitrogens with one attached hydrogen (secondary N) is 1. The summed E-state index contributed by atoms with van der Waals surface area (Å²) in [5.41, 5.74) is 6.89. The Balaban J connectivity index is -0.000000151.